The van der Waals surface area contributed by atoms with E-state index in [1.54, 1.807) is 13.1 Å². The Labute approximate surface area is 115 Å². The summed E-state index contributed by atoms with van der Waals surface area (Å²) < 4.78 is 0. The summed E-state index contributed by atoms with van der Waals surface area (Å²) in [7, 11) is 1.69. The van der Waals surface area contributed by atoms with Crippen molar-refractivity contribution in [1.82, 2.24) is 5.32 Å². The van der Waals surface area contributed by atoms with E-state index >= 15 is 0 Å². The van der Waals surface area contributed by atoms with E-state index in [4.69, 9.17) is 0 Å². The molecule has 0 saturated heterocycles. The topological polar surface area (TPSA) is 41.5 Å². The number of rotatable bonds is 4. The van der Waals surface area contributed by atoms with Crippen molar-refractivity contribution in [2.75, 3.05) is 7.05 Å². The Bertz CT molecular complexity index is 499. The minimum atomic E-state index is -0.416. The number of allylic oxidation sites excluding steroid dienone is 1. The SMILES string of the molecule is CC=C(C(=O)NC(C)(C)c1ccccc1)C(C)=NC. The van der Waals surface area contributed by atoms with Gasteiger partial charge in [-0.3, -0.25) is 9.79 Å². The van der Waals surface area contributed by atoms with Crippen molar-refractivity contribution in [2.45, 2.75) is 33.2 Å². The van der Waals surface area contributed by atoms with Crippen LogP contribution in [0.1, 0.15) is 33.3 Å². The Morgan fingerprint density at radius 3 is 2.32 bits per heavy atom. The molecular formula is C16H22N2O. The zero-order valence-corrected chi connectivity index (χ0v) is 12.3. The van der Waals surface area contributed by atoms with Crippen LogP contribution in [0.2, 0.25) is 0 Å². The third kappa shape index (κ3) is 3.78. The highest BCUT2D eigenvalue weighted by Gasteiger charge is 2.24. The molecule has 1 aromatic carbocycles. The Balaban J connectivity index is 2.93. The number of aliphatic imine (C=N–C) groups is 1. The number of hydrogen-bond donors (Lipinski definition) is 1. The molecule has 0 radical (unpaired) electrons. The van der Waals surface area contributed by atoms with Crippen molar-refractivity contribution in [2.24, 2.45) is 4.99 Å². The molecule has 1 N–H and O–H groups in total. The molecule has 0 spiro atoms. The van der Waals surface area contributed by atoms with E-state index < -0.39 is 5.54 Å². The van der Waals surface area contributed by atoms with E-state index in [0.29, 0.717) is 5.57 Å². The van der Waals surface area contributed by atoms with Crippen molar-refractivity contribution in [3.05, 3.63) is 47.5 Å². The highest BCUT2D eigenvalue weighted by molar-refractivity contribution is 6.20. The summed E-state index contributed by atoms with van der Waals surface area (Å²) in [4.78, 5) is 16.4. The van der Waals surface area contributed by atoms with Gasteiger partial charge in [-0.15, -0.1) is 0 Å². The highest BCUT2D eigenvalue weighted by Crippen LogP contribution is 2.20. The minimum absolute atomic E-state index is 0.0977. The fourth-order valence-electron chi connectivity index (χ4n) is 1.90. The predicted octanol–water partition coefficient (Wildman–Crippen LogP) is 3.07. The average Bonchev–Trinajstić information content (AvgIpc) is 2.39. The molecule has 0 aliphatic rings. The Morgan fingerprint density at radius 1 is 1.26 bits per heavy atom. The molecule has 0 aliphatic carbocycles. The summed E-state index contributed by atoms with van der Waals surface area (Å²) in [6, 6.07) is 9.93. The minimum Gasteiger partial charge on any atom is -0.343 e. The van der Waals surface area contributed by atoms with Gasteiger partial charge in [-0.1, -0.05) is 36.4 Å². The Kier molecular flexibility index (Phi) is 5.04. The highest BCUT2D eigenvalue weighted by atomic mass is 16.1. The monoisotopic (exact) mass is 258 g/mol. The lowest BCUT2D eigenvalue weighted by atomic mass is 9.93. The van der Waals surface area contributed by atoms with Crippen LogP contribution in [0.5, 0.6) is 0 Å². The molecule has 0 saturated carbocycles. The van der Waals surface area contributed by atoms with Gasteiger partial charge in [0, 0.05) is 12.8 Å². The maximum atomic E-state index is 12.3. The first kappa shape index (κ1) is 15.2. The van der Waals surface area contributed by atoms with Gasteiger partial charge < -0.3 is 5.32 Å². The van der Waals surface area contributed by atoms with Crippen molar-refractivity contribution >= 4 is 11.6 Å². The molecule has 0 aromatic heterocycles. The van der Waals surface area contributed by atoms with Crippen LogP contribution >= 0.6 is 0 Å². The van der Waals surface area contributed by atoms with Crippen molar-refractivity contribution in [1.29, 1.82) is 0 Å². The summed E-state index contributed by atoms with van der Waals surface area (Å²) in [5, 5.41) is 3.05. The van der Waals surface area contributed by atoms with Crippen LogP contribution in [-0.2, 0) is 10.3 Å². The summed E-state index contributed by atoms with van der Waals surface area (Å²) in [5.74, 6) is -0.0977. The fourth-order valence-corrected chi connectivity index (χ4v) is 1.90. The molecule has 1 rings (SSSR count). The van der Waals surface area contributed by atoms with Gasteiger partial charge in [0.25, 0.3) is 5.91 Å². The number of nitrogens with zero attached hydrogens (tertiary/aromatic N) is 1. The summed E-state index contributed by atoms with van der Waals surface area (Å²) in [5.41, 5.74) is 2.01. The van der Waals surface area contributed by atoms with Gasteiger partial charge >= 0.3 is 0 Å². The normalized spacial score (nSPS) is 13.3. The lowest BCUT2D eigenvalue weighted by molar-refractivity contribution is -0.118. The molecule has 0 atom stereocenters. The Hall–Kier alpha value is -1.90. The molecule has 1 amide bonds. The van der Waals surface area contributed by atoms with Crippen LogP contribution in [0.15, 0.2) is 47.0 Å². The molecule has 1 aromatic rings. The number of nitrogens with one attached hydrogen (secondary N) is 1. The first-order valence-electron chi connectivity index (χ1n) is 6.40. The van der Waals surface area contributed by atoms with Crippen LogP contribution in [0.25, 0.3) is 0 Å². The van der Waals surface area contributed by atoms with Crippen LogP contribution < -0.4 is 5.32 Å². The summed E-state index contributed by atoms with van der Waals surface area (Å²) >= 11 is 0. The molecule has 0 fully saturated rings. The number of carbonyl (C=O) groups excluding carboxylic acids is 1. The molecule has 0 heterocycles. The fraction of sp³-hybridized carbons (Fsp3) is 0.375. The van der Waals surface area contributed by atoms with Gasteiger partial charge in [0.15, 0.2) is 0 Å². The number of carbonyl (C=O) groups is 1. The maximum Gasteiger partial charge on any atom is 0.253 e. The van der Waals surface area contributed by atoms with Gasteiger partial charge in [-0.2, -0.15) is 0 Å². The third-order valence-corrected chi connectivity index (χ3v) is 3.18. The third-order valence-electron chi connectivity index (χ3n) is 3.18. The smallest absolute Gasteiger partial charge is 0.253 e. The zero-order chi connectivity index (χ0) is 14.5. The van der Waals surface area contributed by atoms with Crippen molar-refractivity contribution in [3.63, 3.8) is 0 Å². The molecule has 0 bridgehead atoms. The second-order valence-electron chi connectivity index (χ2n) is 4.96. The van der Waals surface area contributed by atoms with Gasteiger partial charge in [0.05, 0.1) is 11.1 Å². The second-order valence-corrected chi connectivity index (χ2v) is 4.96. The Morgan fingerprint density at radius 2 is 1.84 bits per heavy atom. The maximum absolute atomic E-state index is 12.3. The van der Waals surface area contributed by atoms with Crippen molar-refractivity contribution < 1.29 is 4.79 Å². The molecule has 102 valence electrons. The van der Waals surface area contributed by atoms with E-state index in [2.05, 4.69) is 10.3 Å². The number of hydrogen-bond acceptors (Lipinski definition) is 2. The van der Waals surface area contributed by atoms with Crippen LogP contribution in [0.3, 0.4) is 0 Å². The van der Waals surface area contributed by atoms with Crippen LogP contribution in [0, 0.1) is 0 Å². The second kappa shape index (κ2) is 6.32. The number of benzene rings is 1. The summed E-state index contributed by atoms with van der Waals surface area (Å²) in [6.07, 6.45) is 1.79. The summed E-state index contributed by atoms with van der Waals surface area (Å²) in [6.45, 7) is 7.67. The zero-order valence-electron chi connectivity index (χ0n) is 12.3. The number of amides is 1. The van der Waals surface area contributed by atoms with E-state index in [1.807, 2.05) is 58.0 Å². The van der Waals surface area contributed by atoms with E-state index in [9.17, 15) is 4.79 Å². The average molecular weight is 258 g/mol. The van der Waals surface area contributed by atoms with E-state index in [1.165, 1.54) is 0 Å². The first-order valence-corrected chi connectivity index (χ1v) is 6.40. The van der Waals surface area contributed by atoms with E-state index in [0.717, 1.165) is 11.3 Å². The molecule has 0 unspecified atom stereocenters. The van der Waals surface area contributed by atoms with Crippen LogP contribution in [0.4, 0.5) is 0 Å². The van der Waals surface area contributed by atoms with Gasteiger partial charge in [0.2, 0.25) is 0 Å². The predicted molar refractivity (Wildman–Crippen MR) is 80.4 cm³/mol. The van der Waals surface area contributed by atoms with Gasteiger partial charge in [-0.05, 0) is 33.3 Å². The van der Waals surface area contributed by atoms with Gasteiger partial charge in [0.1, 0.15) is 0 Å². The molecule has 19 heavy (non-hydrogen) atoms. The molecule has 3 heteroatoms. The quantitative estimate of drug-likeness (QED) is 0.654. The first-order chi connectivity index (χ1) is 8.92. The standard InChI is InChI=1S/C16H22N2O/c1-6-14(12(2)17-5)15(19)18-16(3,4)13-10-8-7-9-11-13/h6-11H,1-5H3,(H,18,19). The van der Waals surface area contributed by atoms with Crippen molar-refractivity contribution in [3.8, 4) is 0 Å². The molecule has 0 aliphatic heterocycles. The lowest BCUT2D eigenvalue weighted by Gasteiger charge is -2.27. The lowest BCUT2D eigenvalue weighted by Crippen LogP contribution is -2.42. The molecule has 3 nitrogen and oxygen atoms in total. The van der Waals surface area contributed by atoms with Gasteiger partial charge in [-0.25, -0.2) is 0 Å². The largest absolute Gasteiger partial charge is 0.343 e. The van der Waals surface area contributed by atoms with E-state index in [-0.39, 0.29) is 5.91 Å². The molecular weight excluding hydrogens is 236 g/mol. The van der Waals surface area contributed by atoms with Crippen LogP contribution in [-0.4, -0.2) is 18.7 Å².